The minimum absolute atomic E-state index is 0.170. The number of piperazine rings is 1. The number of pyridine rings is 1. The minimum atomic E-state index is -0.170. The third-order valence-corrected chi connectivity index (χ3v) is 4.97. The SMILES string of the molecule is CCN1CCN(Cc2ccc(CNC(=O)NCc3cccnc3)cc2)CC1. The van der Waals surface area contributed by atoms with E-state index in [0.717, 1.165) is 50.4 Å². The highest BCUT2D eigenvalue weighted by molar-refractivity contribution is 5.73. The number of carbonyl (C=O) groups is 1. The number of nitrogens with one attached hydrogen (secondary N) is 2. The zero-order valence-electron chi connectivity index (χ0n) is 16.0. The van der Waals surface area contributed by atoms with Crippen LogP contribution in [0.25, 0.3) is 0 Å². The summed E-state index contributed by atoms with van der Waals surface area (Å²) in [6.07, 6.45) is 3.47. The van der Waals surface area contributed by atoms with Gasteiger partial charge in [0, 0.05) is 58.2 Å². The Hall–Kier alpha value is -2.44. The summed E-state index contributed by atoms with van der Waals surface area (Å²) in [6.45, 7) is 9.95. The number of likely N-dealkylation sites (N-methyl/N-ethyl adjacent to an activating group) is 1. The van der Waals surface area contributed by atoms with Crippen LogP contribution in [0.2, 0.25) is 0 Å². The summed E-state index contributed by atoms with van der Waals surface area (Å²) in [6, 6.07) is 12.1. The lowest BCUT2D eigenvalue weighted by Crippen LogP contribution is -2.45. The number of urea groups is 1. The summed E-state index contributed by atoms with van der Waals surface area (Å²) in [5.41, 5.74) is 3.41. The average Bonchev–Trinajstić information content (AvgIpc) is 2.73. The Morgan fingerprint density at radius 3 is 2.19 bits per heavy atom. The van der Waals surface area contributed by atoms with Gasteiger partial charge in [0.05, 0.1) is 0 Å². The number of amides is 2. The van der Waals surface area contributed by atoms with E-state index in [1.165, 1.54) is 5.56 Å². The van der Waals surface area contributed by atoms with E-state index in [0.29, 0.717) is 13.1 Å². The number of aromatic nitrogens is 1. The second kappa shape index (κ2) is 10.0. The normalized spacial score (nSPS) is 15.4. The van der Waals surface area contributed by atoms with Crippen molar-refractivity contribution < 1.29 is 4.79 Å². The van der Waals surface area contributed by atoms with Crippen LogP contribution in [0.15, 0.2) is 48.8 Å². The van der Waals surface area contributed by atoms with Crippen molar-refractivity contribution in [2.45, 2.75) is 26.6 Å². The fraction of sp³-hybridized carbons (Fsp3) is 0.429. The summed E-state index contributed by atoms with van der Waals surface area (Å²) in [5.74, 6) is 0. The van der Waals surface area contributed by atoms with E-state index in [-0.39, 0.29) is 6.03 Å². The van der Waals surface area contributed by atoms with Crippen molar-refractivity contribution in [3.8, 4) is 0 Å². The Labute approximate surface area is 161 Å². The highest BCUT2D eigenvalue weighted by Gasteiger charge is 2.15. The van der Waals surface area contributed by atoms with E-state index in [9.17, 15) is 4.79 Å². The molecule has 1 fully saturated rings. The first-order valence-corrected chi connectivity index (χ1v) is 9.66. The van der Waals surface area contributed by atoms with Gasteiger partial charge in [-0.15, -0.1) is 0 Å². The molecule has 2 aromatic rings. The van der Waals surface area contributed by atoms with E-state index < -0.39 is 0 Å². The van der Waals surface area contributed by atoms with Crippen LogP contribution in [0.5, 0.6) is 0 Å². The molecular formula is C21H29N5O. The molecule has 1 aliphatic heterocycles. The minimum Gasteiger partial charge on any atom is -0.334 e. The fourth-order valence-corrected chi connectivity index (χ4v) is 3.21. The zero-order valence-corrected chi connectivity index (χ0v) is 16.0. The van der Waals surface area contributed by atoms with Crippen molar-refractivity contribution >= 4 is 6.03 Å². The molecule has 1 aliphatic rings. The van der Waals surface area contributed by atoms with Gasteiger partial charge in [0.15, 0.2) is 0 Å². The number of benzene rings is 1. The first kappa shape index (κ1) is 19.3. The quantitative estimate of drug-likeness (QED) is 0.788. The molecule has 2 amide bonds. The van der Waals surface area contributed by atoms with Crippen LogP contribution in [0, 0.1) is 0 Å². The molecule has 144 valence electrons. The average molecular weight is 367 g/mol. The number of nitrogens with zero attached hydrogens (tertiary/aromatic N) is 3. The second-order valence-corrected chi connectivity index (χ2v) is 6.92. The van der Waals surface area contributed by atoms with Gasteiger partial charge in [-0.05, 0) is 29.3 Å². The standard InChI is InChI=1S/C21H29N5O/c1-2-25-10-12-26(13-11-25)17-19-7-5-18(6-8-19)15-23-21(27)24-16-20-4-3-9-22-14-20/h3-9,14H,2,10-13,15-17H2,1H3,(H2,23,24,27). The van der Waals surface area contributed by atoms with Crippen LogP contribution in [0.3, 0.4) is 0 Å². The van der Waals surface area contributed by atoms with E-state index in [1.807, 2.05) is 12.1 Å². The van der Waals surface area contributed by atoms with Gasteiger partial charge < -0.3 is 15.5 Å². The molecule has 1 aromatic carbocycles. The lowest BCUT2D eigenvalue weighted by molar-refractivity contribution is 0.132. The largest absolute Gasteiger partial charge is 0.334 e. The molecule has 0 aliphatic carbocycles. The molecule has 1 saturated heterocycles. The van der Waals surface area contributed by atoms with Crippen LogP contribution in [0.4, 0.5) is 4.79 Å². The topological polar surface area (TPSA) is 60.5 Å². The monoisotopic (exact) mass is 367 g/mol. The predicted octanol–water partition coefficient (Wildman–Crippen LogP) is 2.22. The van der Waals surface area contributed by atoms with Gasteiger partial charge in [-0.1, -0.05) is 37.3 Å². The summed E-state index contributed by atoms with van der Waals surface area (Å²) in [5, 5.41) is 5.74. The molecule has 1 aromatic heterocycles. The molecule has 6 heteroatoms. The van der Waals surface area contributed by atoms with Crippen LogP contribution >= 0.6 is 0 Å². The predicted molar refractivity (Wildman–Crippen MR) is 107 cm³/mol. The molecule has 3 rings (SSSR count). The van der Waals surface area contributed by atoms with Crippen molar-refractivity contribution in [1.82, 2.24) is 25.4 Å². The number of hydrogen-bond acceptors (Lipinski definition) is 4. The molecule has 0 spiro atoms. The lowest BCUT2D eigenvalue weighted by atomic mass is 10.1. The summed E-state index contributed by atoms with van der Waals surface area (Å²) in [4.78, 5) is 20.9. The summed E-state index contributed by atoms with van der Waals surface area (Å²) in [7, 11) is 0. The molecule has 0 saturated carbocycles. The third kappa shape index (κ3) is 6.34. The van der Waals surface area contributed by atoms with Crippen molar-refractivity contribution in [1.29, 1.82) is 0 Å². The maximum atomic E-state index is 11.9. The van der Waals surface area contributed by atoms with E-state index in [4.69, 9.17) is 0 Å². The Bertz CT molecular complexity index is 696. The molecule has 0 radical (unpaired) electrons. The van der Waals surface area contributed by atoms with Crippen LogP contribution in [0.1, 0.15) is 23.6 Å². The van der Waals surface area contributed by atoms with Gasteiger partial charge in [-0.3, -0.25) is 9.88 Å². The Morgan fingerprint density at radius 2 is 1.56 bits per heavy atom. The Kier molecular flexibility index (Phi) is 7.19. The van der Waals surface area contributed by atoms with Crippen molar-refractivity contribution in [3.05, 3.63) is 65.5 Å². The van der Waals surface area contributed by atoms with Gasteiger partial charge in [0.25, 0.3) is 0 Å². The maximum absolute atomic E-state index is 11.9. The van der Waals surface area contributed by atoms with E-state index in [2.05, 4.69) is 56.6 Å². The van der Waals surface area contributed by atoms with Crippen LogP contribution < -0.4 is 10.6 Å². The smallest absolute Gasteiger partial charge is 0.315 e. The molecule has 6 nitrogen and oxygen atoms in total. The first-order valence-electron chi connectivity index (χ1n) is 9.66. The van der Waals surface area contributed by atoms with Crippen LogP contribution in [-0.4, -0.2) is 53.5 Å². The molecule has 0 unspecified atom stereocenters. The highest BCUT2D eigenvalue weighted by atomic mass is 16.2. The van der Waals surface area contributed by atoms with Gasteiger partial charge in [0.2, 0.25) is 0 Å². The Morgan fingerprint density at radius 1 is 0.926 bits per heavy atom. The molecule has 27 heavy (non-hydrogen) atoms. The third-order valence-electron chi connectivity index (χ3n) is 4.97. The van der Waals surface area contributed by atoms with Gasteiger partial charge in [0.1, 0.15) is 0 Å². The fourth-order valence-electron chi connectivity index (χ4n) is 3.21. The first-order chi connectivity index (χ1) is 13.2. The van der Waals surface area contributed by atoms with E-state index in [1.54, 1.807) is 12.4 Å². The van der Waals surface area contributed by atoms with Crippen molar-refractivity contribution in [2.75, 3.05) is 32.7 Å². The Balaban J connectivity index is 1.38. The molecule has 2 heterocycles. The number of carbonyl (C=O) groups excluding carboxylic acids is 1. The summed E-state index contributed by atoms with van der Waals surface area (Å²) >= 11 is 0. The molecule has 0 bridgehead atoms. The van der Waals surface area contributed by atoms with Crippen LogP contribution in [-0.2, 0) is 19.6 Å². The van der Waals surface area contributed by atoms with Gasteiger partial charge >= 0.3 is 6.03 Å². The molecule has 2 N–H and O–H groups in total. The second-order valence-electron chi connectivity index (χ2n) is 6.92. The molecule has 0 atom stereocenters. The molecular weight excluding hydrogens is 338 g/mol. The number of hydrogen-bond donors (Lipinski definition) is 2. The lowest BCUT2D eigenvalue weighted by Gasteiger charge is -2.34. The summed E-state index contributed by atoms with van der Waals surface area (Å²) < 4.78 is 0. The van der Waals surface area contributed by atoms with Crippen molar-refractivity contribution in [3.63, 3.8) is 0 Å². The zero-order chi connectivity index (χ0) is 18.9. The van der Waals surface area contributed by atoms with Gasteiger partial charge in [-0.2, -0.15) is 0 Å². The van der Waals surface area contributed by atoms with E-state index >= 15 is 0 Å². The van der Waals surface area contributed by atoms with Crippen molar-refractivity contribution in [2.24, 2.45) is 0 Å². The van der Waals surface area contributed by atoms with Gasteiger partial charge in [-0.25, -0.2) is 4.79 Å². The highest BCUT2D eigenvalue weighted by Crippen LogP contribution is 2.10. The maximum Gasteiger partial charge on any atom is 0.315 e. The number of rotatable bonds is 7.